The molecule has 0 saturated carbocycles. The van der Waals surface area contributed by atoms with Gasteiger partial charge in [0.2, 0.25) is 15.9 Å². The molecule has 2 aliphatic heterocycles. The highest BCUT2D eigenvalue weighted by Gasteiger charge is 2.29. The van der Waals surface area contributed by atoms with Crippen LogP contribution in [0.1, 0.15) is 29.6 Å². The van der Waals surface area contributed by atoms with Gasteiger partial charge in [-0.3, -0.25) is 9.59 Å². The zero-order valence-corrected chi connectivity index (χ0v) is 17.9. The highest BCUT2D eigenvalue weighted by Crippen LogP contribution is 2.23. The molecule has 164 valence electrons. The molecule has 0 unspecified atom stereocenters. The molecule has 4 rings (SSSR count). The molecule has 0 bridgehead atoms. The van der Waals surface area contributed by atoms with E-state index in [9.17, 15) is 22.4 Å². The molecule has 2 amide bonds. The lowest BCUT2D eigenvalue weighted by atomic mass is 10.1. The van der Waals surface area contributed by atoms with E-state index in [0.29, 0.717) is 38.0 Å². The Balaban J connectivity index is 1.43. The van der Waals surface area contributed by atoms with Gasteiger partial charge in [0, 0.05) is 50.4 Å². The monoisotopic (exact) mass is 445 g/mol. The van der Waals surface area contributed by atoms with Gasteiger partial charge in [-0.05, 0) is 61.4 Å². The first-order chi connectivity index (χ1) is 14.9. The molecule has 2 fully saturated rings. The Morgan fingerprint density at radius 1 is 0.839 bits per heavy atom. The SMILES string of the molecule is O=C(c1ccc(N2CCCC2=O)cc1)N1CCCN(S(=O)(=O)c2ccc(F)cc2)CC1. The second-order valence-electron chi connectivity index (χ2n) is 7.70. The van der Waals surface area contributed by atoms with E-state index in [-0.39, 0.29) is 29.8 Å². The van der Waals surface area contributed by atoms with Gasteiger partial charge in [-0.1, -0.05) is 0 Å². The summed E-state index contributed by atoms with van der Waals surface area (Å²) in [5.41, 5.74) is 1.29. The van der Waals surface area contributed by atoms with Crippen LogP contribution in [0.4, 0.5) is 10.1 Å². The van der Waals surface area contributed by atoms with E-state index < -0.39 is 15.8 Å². The molecular formula is C22H24FN3O4S. The summed E-state index contributed by atoms with van der Waals surface area (Å²) < 4.78 is 40.2. The van der Waals surface area contributed by atoms with E-state index >= 15 is 0 Å². The van der Waals surface area contributed by atoms with Crippen molar-refractivity contribution in [2.75, 3.05) is 37.6 Å². The van der Waals surface area contributed by atoms with Crippen LogP contribution in [0.15, 0.2) is 53.4 Å². The molecule has 9 heteroatoms. The number of rotatable bonds is 4. The van der Waals surface area contributed by atoms with Gasteiger partial charge in [-0.25, -0.2) is 12.8 Å². The number of halogens is 1. The number of carbonyl (C=O) groups is 2. The molecule has 2 aromatic carbocycles. The molecular weight excluding hydrogens is 421 g/mol. The van der Waals surface area contributed by atoms with Crippen molar-refractivity contribution < 1.29 is 22.4 Å². The molecule has 2 aliphatic rings. The highest BCUT2D eigenvalue weighted by atomic mass is 32.2. The van der Waals surface area contributed by atoms with Crippen molar-refractivity contribution in [2.24, 2.45) is 0 Å². The summed E-state index contributed by atoms with van der Waals surface area (Å²) in [6.45, 7) is 1.87. The summed E-state index contributed by atoms with van der Waals surface area (Å²) in [5.74, 6) is -0.568. The highest BCUT2D eigenvalue weighted by molar-refractivity contribution is 7.89. The van der Waals surface area contributed by atoms with Crippen molar-refractivity contribution in [3.8, 4) is 0 Å². The van der Waals surface area contributed by atoms with Crippen LogP contribution in [-0.4, -0.2) is 62.2 Å². The molecule has 0 aromatic heterocycles. The van der Waals surface area contributed by atoms with Crippen LogP contribution in [0.5, 0.6) is 0 Å². The Hall–Kier alpha value is -2.78. The molecule has 0 N–H and O–H groups in total. The third kappa shape index (κ3) is 4.47. The van der Waals surface area contributed by atoms with Gasteiger partial charge in [0.25, 0.3) is 5.91 Å². The minimum absolute atomic E-state index is 0.0423. The lowest BCUT2D eigenvalue weighted by molar-refractivity contribution is -0.117. The zero-order valence-electron chi connectivity index (χ0n) is 17.0. The predicted octanol–water partition coefficient (Wildman–Crippen LogP) is 2.49. The smallest absolute Gasteiger partial charge is 0.253 e. The fourth-order valence-corrected chi connectivity index (χ4v) is 5.45. The molecule has 7 nitrogen and oxygen atoms in total. The van der Waals surface area contributed by atoms with Gasteiger partial charge in [-0.15, -0.1) is 0 Å². The second kappa shape index (κ2) is 8.76. The van der Waals surface area contributed by atoms with Gasteiger partial charge >= 0.3 is 0 Å². The van der Waals surface area contributed by atoms with Gasteiger partial charge in [0.05, 0.1) is 4.90 Å². The Kier molecular flexibility index (Phi) is 6.06. The number of anilines is 1. The summed E-state index contributed by atoms with van der Waals surface area (Å²) in [6.07, 6.45) is 1.89. The van der Waals surface area contributed by atoms with E-state index in [1.165, 1.54) is 16.4 Å². The Morgan fingerprint density at radius 3 is 2.19 bits per heavy atom. The Morgan fingerprint density at radius 2 is 1.55 bits per heavy atom. The average Bonchev–Trinajstić information content (AvgIpc) is 3.04. The number of hydrogen-bond donors (Lipinski definition) is 0. The van der Waals surface area contributed by atoms with Crippen molar-refractivity contribution in [3.63, 3.8) is 0 Å². The molecule has 0 atom stereocenters. The second-order valence-corrected chi connectivity index (χ2v) is 9.64. The van der Waals surface area contributed by atoms with Crippen LogP contribution >= 0.6 is 0 Å². The maximum atomic E-state index is 13.1. The predicted molar refractivity (Wildman–Crippen MR) is 114 cm³/mol. The van der Waals surface area contributed by atoms with Gasteiger partial charge in [0.15, 0.2) is 0 Å². The molecule has 0 aliphatic carbocycles. The Bertz CT molecular complexity index is 1070. The fourth-order valence-electron chi connectivity index (χ4n) is 3.98. The third-order valence-corrected chi connectivity index (χ3v) is 7.61. The van der Waals surface area contributed by atoms with Gasteiger partial charge < -0.3 is 9.80 Å². The van der Waals surface area contributed by atoms with Gasteiger partial charge in [0.1, 0.15) is 5.82 Å². The molecule has 2 aromatic rings. The van der Waals surface area contributed by atoms with Crippen molar-refractivity contribution in [1.82, 2.24) is 9.21 Å². The molecule has 2 heterocycles. The lowest BCUT2D eigenvalue weighted by Gasteiger charge is -2.22. The van der Waals surface area contributed by atoms with E-state index in [2.05, 4.69) is 0 Å². The van der Waals surface area contributed by atoms with E-state index in [1.54, 1.807) is 34.1 Å². The van der Waals surface area contributed by atoms with E-state index in [4.69, 9.17) is 0 Å². The van der Waals surface area contributed by atoms with Crippen LogP contribution < -0.4 is 4.90 Å². The minimum atomic E-state index is -3.74. The molecule has 0 spiro atoms. The van der Waals surface area contributed by atoms with Crippen LogP contribution in [0.3, 0.4) is 0 Å². The van der Waals surface area contributed by atoms with Crippen LogP contribution in [0.25, 0.3) is 0 Å². The first-order valence-electron chi connectivity index (χ1n) is 10.3. The summed E-state index contributed by atoms with van der Waals surface area (Å²) in [6, 6.07) is 11.7. The number of carbonyl (C=O) groups excluding carboxylic acids is 2. The summed E-state index contributed by atoms with van der Waals surface area (Å²) >= 11 is 0. The zero-order chi connectivity index (χ0) is 22.0. The standard InChI is InChI=1S/C22H24FN3O4S/c23-18-6-10-20(11-7-18)31(29,30)25-13-2-12-24(15-16-25)22(28)17-4-8-19(9-5-17)26-14-1-3-21(26)27/h4-11H,1-3,12-16H2. The maximum absolute atomic E-state index is 13.1. The molecule has 31 heavy (non-hydrogen) atoms. The first kappa shape index (κ1) is 21.5. The third-order valence-electron chi connectivity index (χ3n) is 5.69. The molecule has 2 saturated heterocycles. The Labute approximate surface area is 181 Å². The van der Waals surface area contributed by atoms with Crippen LogP contribution in [0, 0.1) is 5.82 Å². The van der Waals surface area contributed by atoms with E-state index in [0.717, 1.165) is 24.2 Å². The van der Waals surface area contributed by atoms with Crippen LogP contribution in [-0.2, 0) is 14.8 Å². The number of sulfonamides is 1. The summed E-state index contributed by atoms with van der Waals surface area (Å²) in [4.78, 5) is 28.2. The lowest BCUT2D eigenvalue weighted by Crippen LogP contribution is -2.37. The largest absolute Gasteiger partial charge is 0.337 e. The number of amides is 2. The van der Waals surface area contributed by atoms with Crippen LogP contribution in [0.2, 0.25) is 0 Å². The number of hydrogen-bond acceptors (Lipinski definition) is 4. The normalized spacial score (nSPS) is 18.3. The van der Waals surface area contributed by atoms with Crippen molar-refractivity contribution in [1.29, 1.82) is 0 Å². The maximum Gasteiger partial charge on any atom is 0.253 e. The quantitative estimate of drug-likeness (QED) is 0.725. The van der Waals surface area contributed by atoms with Gasteiger partial charge in [-0.2, -0.15) is 4.31 Å². The summed E-state index contributed by atoms with van der Waals surface area (Å²) in [5, 5.41) is 0. The minimum Gasteiger partial charge on any atom is -0.337 e. The average molecular weight is 446 g/mol. The number of nitrogens with zero attached hydrogens (tertiary/aromatic N) is 3. The van der Waals surface area contributed by atoms with Crippen molar-refractivity contribution in [2.45, 2.75) is 24.2 Å². The van der Waals surface area contributed by atoms with E-state index in [1.807, 2.05) is 0 Å². The topological polar surface area (TPSA) is 78.0 Å². The summed E-state index contributed by atoms with van der Waals surface area (Å²) in [7, 11) is -3.74. The first-order valence-corrected chi connectivity index (χ1v) is 11.8. The van der Waals surface area contributed by atoms with Crippen molar-refractivity contribution in [3.05, 3.63) is 59.9 Å². The molecule has 0 radical (unpaired) electrons. The number of benzene rings is 2. The fraction of sp³-hybridized carbons (Fsp3) is 0.364. The van der Waals surface area contributed by atoms with Crippen molar-refractivity contribution >= 4 is 27.5 Å².